The number of piperidine rings is 1. The SMILES string of the molecule is C[C@@H](c1ccc(Cl)cc1)n1cnc(-c2ccccc2)c1-c1c(C(=O)Nc2cccnc2OCCC2CCNCC2)[nH]c2cc(Cl)ccc12. The van der Waals surface area contributed by atoms with Crippen LogP contribution in [0.3, 0.4) is 0 Å². The predicted octanol–water partition coefficient (Wildman–Crippen LogP) is 9.03. The van der Waals surface area contributed by atoms with E-state index in [4.69, 9.17) is 32.9 Å². The molecule has 1 fully saturated rings. The largest absolute Gasteiger partial charge is 0.476 e. The molecular formula is C38H36Cl2N6O2. The average molecular weight is 680 g/mol. The minimum Gasteiger partial charge on any atom is -0.476 e. The van der Waals surface area contributed by atoms with Crippen LogP contribution >= 0.6 is 23.2 Å². The molecule has 6 aromatic rings. The highest BCUT2D eigenvalue weighted by Crippen LogP contribution is 2.41. The standard InChI is InChI=1S/C38H36Cl2N6O2/c1-24(26-9-11-28(39)12-10-26)46-23-43-34(27-6-3-2-4-7-27)36(46)33-30-14-13-29(40)22-32(30)44-35(33)37(47)45-31-8-5-18-42-38(31)48-21-17-25-15-19-41-20-16-25/h2-14,18,22-25,41,44H,15-17,19-21H2,1H3,(H,45,47)/t24-/m0/s1. The summed E-state index contributed by atoms with van der Waals surface area (Å²) in [7, 11) is 0. The van der Waals surface area contributed by atoms with Gasteiger partial charge in [0.25, 0.3) is 5.91 Å². The number of carbonyl (C=O) groups excluding carboxylic acids is 1. The van der Waals surface area contributed by atoms with Crippen LogP contribution < -0.4 is 15.4 Å². The summed E-state index contributed by atoms with van der Waals surface area (Å²) in [6, 6.07) is 26.9. The number of amides is 1. The van der Waals surface area contributed by atoms with Crippen LogP contribution in [-0.2, 0) is 0 Å². The third-order valence-electron chi connectivity index (χ3n) is 9.08. The fourth-order valence-corrected chi connectivity index (χ4v) is 6.77. The van der Waals surface area contributed by atoms with E-state index >= 15 is 0 Å². The van der Waals surface area contributed by atoms with Crippen molar-refractivity contribution in [2.45, 2.75) is 32.2 Å². The second-order valence-electron chi connectivity index (χ2n) is 12.1. The summed E-state index contributed by atoms with van der Waals surface area (Å²) >= 11 is 12.7. The molecule has 48 heavy (non-hydrogen) atoms. The van der Waals surface area contributed by atoms with E-state index in [1.54, 1.807) is 12.3 Å². The Labute approximate surface area is 289 Å². The Morgan fingerprint density at radius 1 is 0.979 bits per heavy atom. The lowest BCUT2D eigenvalue weighted by Gasteiger charge is -2.22. The second-order valence-corrected chi connectivity index (χ2v) is 13.0. The fraction of sp³-hybridized carbons (Fsp3) is 0.237. The van der Waals surface area contributed by atoms with Gasteiger partial charge >= 0.3 is 0 Å². The Bertz CT molecular complexity index is 2030. The van der Waals surface area contributed by atoms with E-state index in [1.807, 2.05) is 85.2 Å². The molecule has 7 rings (SSSR count). The van der Waals surface area contributed by atoms with E-state index in [0.29, 0.717) is 45.4 Å². The van der Waals surface area contributed by atoms with Gasteiger partial charge in [0.15, 0.2) is 0 Å². The number of hydrogen-bond donors (Lipinski definition) is 3. The number of hydrogen-bond acceptors (Lipinski definition) is 5. The van der Waals surface area contributed by atoms with Gasteiger partial charge in [0.05, 0.1) is 30.4 Å². The van der Waals surface area contributed by atoms with Crippen LogP contribution in [-0.4, -0.2) is 45.1 Å². The Morgan fingerprint density at radius 2 is 1.75 bits per heavy atom. The van der Waals surface area contributed by atoms with Crippen molar-refractivity contribution in [2.24, 2.45) is 5.92 Å². The first-order chi connectivity index (χ1) is 23.5. The van der Waals surface area contributed by atoms with Crippen LogP contribution in [0.2, 0.25) is 10.0 Å². The average Bonchev–Trinajstić information content (AvgIpc) is 3.71. The van der Waals surface area contributed by atoms with Crippen molar-refractivity contribution in [3.8, 4) is 28.4 Å². The fourth-order valence-electron chi connectivity index (χ4n) is 6.48. The van der Waals surface area contributed by atoms with E-state index in [1.165, 1.54) is 0 Å². The molecule has 244 valence electrons. The van der Waals surface area contributed by atoms with Crippen molar-refractivity contribution in [3.63, 3.8) is 0 Å². The molecule has 0 bridgehead atoms. The first kappa shape index (κ1) is 31.9. The third-order valence-corrected chi connectivity index (χ3v) is 9.57. The number of pyridine rings is 1. The highest BCUT2D eigenvalue weighted by Gasteiger charge is 2.28. The summed E-state index contributed by atoms with van der Waals surface area (Å²) < 4.78 is 8.25. The number of H-pyrrole nitrogens is 1. The molecule has 3 aromatic heterocycles. The number of ether oxygens (including phenoxy) is 1. The second kappa shape index (κ2) is 14.2. The smallest absolute Gasteiger partial charge is 0.272 e. The number of benzene rings is 3. The van der Waals surface area contributed by atoms with Crippen molar-refractivity contribution in [2.75, 3.05) is 25.0 Å². The van der Waals surface area contributed by atoms with Gasteiger partial charge in [0.2, 0.25) is 5.88 Å². The molecule has 1 aliphatic rings. The highest BCUT2D eigenvalue weighted by atomic mass is 35.5. The number of rotatable bonds is 10. The van der Waals surface area contributed by atoms with Gasteiger partial charge in [-0.25, -0.2) is 9.97 Å². The Morgan fingerprint density at radius 3 is 2.54 bits per heavy atom. The van der Waals surface area contributed by atoms with Crippen molar-refractivity contribution >= 4 is 45.7 Å². The summed E-state index contributed by atoms with van der Waals surface area (Å²) in [5, 5.41) is 8.57. The maximum Gasteiger partial charge on any atom is 0.272 e. The van der Waals surface area contributed by atoms with Crippen LogP contribution in [0.15, 0.2) is 97.5 Å². The molecule has 1 aliphatic heterocycles. The van der Waals surface area contributed by atoms with Crippen molar-refractivity contribution in [3.05, 3.63) is 119 Å². The molecule has 3 aromatic carbocycles. The molecule has 4 heterocycles. The van der Waals surface area contributed by atoms with E-state index in [0.717, 1.165) is 65.8 Å². The van der Waals surface area contributed by atoms with Crippen molar-refractivity contribution in [1.82, 2.24) is 24.8 Å². The molecular weight excluding hydrogens is 643 g/mol. The molecule has 1 atom stereocenters. The summed E-state index contributed by atoms with van der Waals surface area (Å²) in [5.41, 5.74) is 5.86. The molecule has 1 amide bonds. The molecule has 0 unspecified atom stereocenters. The van der Waals surface area contributed by atoms with E-state index in [-0.39, 0.29) is 11.9 Å². The lowest BCUT2D eigenvalue weighted by atomic mass is 9.95. The van der Waals surface area contributed by atoms with Gasteiger partial charge in [0.1, 0.15) is 11.4 Å². The van der Waals surface area contributed by atoms with Gasteiger partial charge in [-0.1, -0.05) is 71.7 Å². The summed E-state index contributed by atoms with van der Waals surface area (Å²) in [4.78, 5) is 27.2. The predicted molar refractivity (Wildman–Crippen MR) is 193 cm³/mol. The molecule has 0 saturated carbocycles. The molecule has 0 radical (unpaired) electrons. The number of carbonyl (C=O) groups is 1. The number of halogens is 2. The maximum atomic E-state index is 14.4. The van der Waals surface area contributed by atoms with Gasteiger partial charge in [-0.3, -0.25) is 4.79 Å². The van der Waals surface area contributed by atoms with Gasteiger partial charge in [0, 0.05) is 38.3 Å². The van der Waals surface area contributed by atoms with Crippen molar-refractivity contribution in [1.29, 1.82) is 0 Å². The van der Waals surface area contributed by atoms with E-state index in [2.05, 4.69) is 32.1 Å². The lowest BCUT2D eigenvalue weighted by molar-refractivity contribution is 0.102. The lowest BCUT2D eigenvalue weighted by Crippen LogP contribution is -2.28. The molecule has 3 N–H and O–H groups in total. The normalized spacial score (nSPS) is 14.2. The van der Waals surface area contributed by atoms with Gasteiger partial charge in [-0.2, -0.15) is 0 Å². The maximum absolute atomic E-state index is 14.4. The zero-order chi connectivity index (χ0) is 33.0. The highest BCUT2D eigenvalue weighted by molar-refractivity contribution is 6.31. The van der Waals surface area contributed by atoms with Crippen LogP contribution in [0.5, 0.6) is 5.88 Å². The van der Waals surface area contributed by atoms with Crippen LogP contribution in [0, 0.1) is 5.92 Å². The zero-order valence-corrected chi connectivity index (χ0v) is 28.1. The van der Waals surface area contributed by atoms with E-state index in [9.17, 15) is 4.79 Å². The first-order valence-electron chi connectivity index (χ1n) is 16.3. The molecule has 0 aliphatic carbocycles. The zero-order valence-electron chi connectivity index (χ0n) is 26.5. The molecule has 1 saturated heterocycles. The third kappa shape index (κ3) is 6.69. The monoisotopic (exact) mass is 678 g/mol. The quantitative estimate of drug-likeness (QED) is 0.134. The Balaban J connectivity index is 1.30. The number of anilines is 1. The van der Waals surface area contributed by atoms with Gasteiger partial charge in [-0.15, -0.1) is 0 Å². The van der Waals surface area contributed by atoms with Gasteiger partial charge < -0.3 is 24.9 Å². The molecule has 8 nitrogen and oxygen atoms in total. The number of imidazole rings is 1. The van der Waals surface area contributed by atoms with E-state index < -0.39 is 0 Å². The van der Waals surface area contributed by atoms with Crippen molar-refractivity contribution < 1.29 is 9.53 Å². The Hall–Kier alpha value is -4.63. The minimum atomic E-state index is -0.334. The number of nitrogens with zero attached hydrogens (tertiary/aromatic N) is 3. The summed E-state index contributed by atoms with van der Waals surface area (Å²) in [5.74, 6) is 0.680. The minimum absolute atomic E-state index is 0.131. The van der Waals surface area contributed by atoms with Crippen LogP contribution in [0.25, 0.3) is 33.4 Å². The molecule has 10 heteroatoms. The topological polar surface area (TPSA) is 96.9 Å². The van der Waals surface area contributed by atoms with Crippen LogP contribution in [0.1, 0.15) is 48.3 Å². The van der Waals surface area contributed by atoms with Gasteiger partial charge in [-0.05, 0) is 87.2 Å². The first-order valence-corrected chi connectivity index (χ1v) is 17.0. The summed E-state index contributed by atoms with van der Waals surface area (Å²) in [6.07, 6.45) is 6.73. The number of fused-ring (bicyclic) bond motifs is 1. The number of nitrogens with one attached hydrogen (secondary N) is 3. The number of aromatic nitrogens is 4. The summed E-state index contributed by atoms with van der Waals surface area (Å²) in [6.45, 7) is 4.72. The molecule has 0 spiro atoms. The Kier molecular flexibility index (Phi) is 9.47. The van der Waals surface area contributed by atoms with Crippen LogP contribution in [0.4, 0.5) is 5.69 Å². The number of aromatic amines is 1.